The molecular weight excluding hydrogens is 220 g/mol. The maximum atomic E-state index is 12.2. The molecule has 1 saturated heterocycles. The molecule has 5 nitrogen and oxygen atoms in total. The molecule has 17 heavy (non-hydrogen) atoms. The van der Waals surface area contributed by atoms with Crippen LogP contribution in [0.15, 0.2) is 0 Å². The molecule has 2 aliphatic rings. The van der Waals surface area contributed by atoms with Gasteiger partial charge in [0.15, 0.2) is 0 Å². The largest absolute Gasteiger partial charge is 0.378 e. The molecular formula is C12H20N2O3. The topological polar surface area (TPSA) is 49.9 Å². The molecule has 0 aromatic rings. The lowest BCUT2D eigenvalue weighted by Crippen LogP contribution is -2.50. The fourth-order valence-electron chi connectivity index (χ4n) is 2.45. The van der Waals surface area contributed by atoms with Gasteiger partial charge in [0.2, 0.25) is 0 Å². The van der Waals surface area contributed by atoms with Gasteiger partial charge in [-0.15, -0.1) is 0 Å². The minimum Gasteiger partial charge on any atom is -0.378 e. The molecule has 0 unspecified atom stereocenters. The number of rotatable bonds is 1. The maximum absolute atomic E-state index is 12.2. The third-order valence-corrected chi connectivity index (χ3v) is 3.64. The van der Waals surface area contributed by atoms with Crippen LogP contribution in [0.2, 0.25) is 0 Å². The number of amides is 2. The fourth-order valence-corrected chi connectivity index (χ4v) is 2.45. The van der Waals surface area contributed by atoms with Crippen LogP contribution in [-0.4, -0.2) is 61.0 Å². The summed E-state index contributed by atoms with van der Waals surface area (Å²) in [6, 6.07) is 0.302. The first-order valence-corrected chi connectivity index (χ1v) is 6.29. The number of morpholine rings is 1. The second-order valence-corrected chi connectivity index (χ2v) is 4.76. The second kappa shape index (κ2) is 5.49. The standard InChI is InChI=1S/C12H20N2O3/c1-13(10-2-4-11(15)5-3-10)12(16)14-6-8-17-9-7-14/h10H,2-9H2,1H3. The van der Waals surface area contributed by atoms with Crippen LogP contribution >= 0.6 is 0 Å². The number of urea groups is 1. The molecule has 1 aliphatic carbocycles. The van der Waals surface area contributed by atoms with Crippen LogP contribution in [0.1, 0.15) is 25.7 Å². The summed E-state index contributed by atoms with van der Waals surface area (Å²) in [7, 11) is 1.85. The zero-order valence-electron chi connectivity index (χ0n) is 10.4. The minimum absolute atomic E-state index is 0.0765. The molecule has 0 atom stereocenters. The molecule has 2 rings (SSSR count). The zero-order valence-corrected chi connectivity index (χ0v) is 10.4. The number of carbonyl (C=O) groups is 2. The van der Waals surface area contributed by atoms with E-state index >= 15 is 0 Å². The first-order chi connectivity index (χ1) is 8.18. The number of hydrogen-bond acceptors (Lipinski definition) is 3. The Bertz CT molecular complexity index is 290. The summed E-state index contributed by atoms with van der Waals surface area (Å²) in [6.07, 6.45) is 2.85. The van der Waals surface area contributed by atoms with Crippen LogP contribution in [0, 0.1) is 0 Å². The lowest BCUT2D eigenvalue weighted by atomic mass is 9.93. The number of nitrogens with zero attached hydrogens (tertiary/aromatic N) is 2. The highest BCUT2D eigenvalue weighted by molar-refractivity contribution is 5.80. The Hall–Kier alpha value is -1.10. The zero-order chi connectivity index (χ0) is 12.3. The molecule has 0 radical (unpaired) electrons. The Morgan fingerprint density at radius 3 is 2.47 bits per heavy atom. The fraction of sp³-hybridized carbons (Fsp3) is 0.833. The minimum atomic E-state index is 0.0765. The van der Waals surface area contributed by atoms with Crippen LogP contribution < -0.4 is 0 Å². The summed E-state index contributed by atoms with van der Waals surface area (Å²) in [6.45, 7) is 2.61. The van der Waals surface area contributed by atoms with E-state index in [0.29, 0.717) is 44.9 Å². The lowest BCUT2D eigenvalue weighted by molar-refractivity contribution is -0.121. The first-order valence-electron chi connectivity index (χ1n) is 6.29. The van der Waals surface area contributed by atoms with Crippen LogP contribution in [0.5, 0.6) is 0 Å². The van der Waals surface area contributed by atoms with Crippen LogP contribution in [-0.2, 0) is 9.53 Å². The molecule has 0 aromatic heterocycles. The monoisotopic (exact) mass is 240 g/mol. The van der Waals surface area contributed by atoms with Crippen molar-refractivity contribution in [2.75, 3.05) is 33.4 Å². The van der Waals surface area contributed by atoms with Gasteiger partial charge in [0.25, 0.3) is 0 Å². The molecule has 0 aromatic carbocycles. The smallest absolute Gasteiger partial charge is 0.320 e. The summed E-state index contributed by atoms with van der Waals surface area (Å²) in [5, 5.41) is 0. The van der Waals surface area contributed by atoms with Crippen molar-refractivity contribution in [3.8, 4) is 0 Å². The average molecular weight is 240 g/mol. The Morgan fingerprint density at radius 2 is 1.88 bits per heavy atom. The molecule has 1 aliphatic heterocycles. The van der Waals surface area contributed by atoms with E-state index in [1.54, 1.807) is 4.90 Å². The van der Waals surface area contributed by atoms with E-state index < -0.39 is 0 Å². The molecule has 2 amide bonds. The number of Topliss-reactive ketones (excluding diaryl/α,β-unsaturated/α-hetero) is 1. The van der Waals surface area contributed by atoms with Gasteiger partial charge in [0.05, 0.1) is 13.2 Å². The quantitative estimate of drug-likeness (QED) is 0.683. The van der Waals surface area contributed by atoms with Gasteiger partial charge in [-0.1, -0.05) is 0 Å². The summed E-state index contributed by atoms with van der Waals surface area (Å²) in [5.41, 5.74) is 0. The second-order valence-electron chi connectivity index (χ2n) is 4.76. The van der Waals surface area contributed by atoms with Crippen molar-refractivity contribution in [1.29, 1.82) is 0 Å². The summed E-state index contributed by atoms with van der Waals surface area (Å²) in [4.78, 5) is 27.0. The Labute approximate surface area is 102 Å². The molecule has 5 heteroatoms. The number of ketones is 1. The molecule has 0 spiro atoms. The highest BCUT2D eigenvalue weighted by atomic mass is 16.5. The lowest BCUT2D eigenvalue weighted by Gasteiger charge is -2.36. The van der Waals surface area contributed by atoms with Crippen molar-refractivity contribution in [3.63, 3.8) is 0 Å². The average Bonchev–Trinajstić information content (AvgIpc) is 2.39. The number of ether oxygens (including phenoxy) is 1. The van der Waals surface area contributed by atoms with E-state index in [1.807, 2.05) is 11.9 Å². The summed E-state index contributed by atoms with van der Waals surface area (Å²) >= 11 is 0. The van der Waals surface area contributed by atoms with Gasteiger partial charge in [-0.2, -0.15) is 0 Å². The van der Waals surface area contributed by atoms with E-state index in [-0.39, 0.29) is 12.1 Å². The Balaban J connectivity index is 1.87. The molecule has 0 bridgehead atoms. The summed E-state index contributed by atoms with van der Waals surface area (Å²) < 4.78 is 5.23. The van der Waals surface area contributed by atoms with Gasteiger partial charge in [0, 0.05) is 39.0 Å². The van der Waals surface area contributed by atoms with E-state index in [2.05, 4.69) is 0 Å². The molecule has 96 valence electrons. The van der Waals surface area contributed by atoms with Crippen molar-refractivity contribution in [2.24, 2.45) is 0 Å². The third-order valence-electron chi connectivity index (χ3n) is 3.64. The van der Waals surface area contributed by atoms with Crippen molar-refractivity contribution in [2.45, 2.75) is 31.7 Å². The first kappa shape index (κ1) is 12.4. The summed E-state index contributed by atoms with van der Waals surface area (Å²) in [5.74, 6) is 0.327. The highest BCUT2D eigenvalue weighted by Crippen LogP contribution is 2.20. The van der Waals surface area contributed by atoms with Gasteiger partial charge in [0.1, 0.15) is 5.78 Å². The highest BCUT2D eigenvalue weighted by Gasteiger charge is 2.28. The Kier molecular flexibility index (Phi) is 3.99. The van der Waals surface area contributed by atoms with Crippen molar-refractivity contribution >= 4 is 11.8 Å². The van der Waals surface area contributed by atoms with Gasteiger partial charge >= 0.3 is 6.03 Å². The van der Waals surface area contributed by atoms with Gasteiger partial charge in [-0.3, -0.25) is 4.79 Å². The van der Waals surface area contributed by atoms with Crippen LogP contribution in [0.4, 0.5) is 4.79 Å². The van der Waals surface area contributed by atoms with E-state index in [9.17, 15) is 9.59 Å². The predicted molar refractivity (Wildman–Crippen MR) is 62.8 cm³/mol. The van der Waals surface area contributed by atoms with Gasteiger partial charge in [-0.25, -0.2) is 4.79 Å². The van der Waals surface area contributed by atoms with Crippen molar-refractivity contribution in [1.82, 2.24) is 9.80 Å². The third kappa shape index (κ3) is 2.97. The maximum Gasteiger partial charge on any atom is 0.320 e. The van der Waals surface area contributed by atoms with E-state index in [4.69, 9.17) is 4.74 Å². The molecule has 2 fully saturated rings. The number of carbonyl (C=O) groups excluding carboxylic acids is 2. The predicted octanol–water partition coefficient (Wildman–Crippen LogP) is 0.882. The van der Waals surface area contributed by atoms with Crippen molar-refractivity contribution in [3.05, 3.63) is 0 Å². The van der Waals surface area contributed by atoms with E-state index in [0.717, 1.165) is 12.8 Å². The molecule has 0 N–H and O–H groups in total. The SMILES string of the molecule is CN(C(=O)N1CCOCC1)C1CCC(=O)CC1. The van der Waals surface area contributed by atoms with Crippen LogP contribution in [0.25, 0.3) is 0 Å². The van der Waals surface area contributed by atoms with Crippen molar-refractivity contribution < 1.29 is 14.3 Å². The van der Waals surface area contributed by atoms with E-state index in [1.165, 1.54) is 0 Å². The molecule has 1 saturated carbocycles. The molecule has 1 heterocycles. The Morgan fingerprint density at radius 1 is 1.29 bits per heavy atom. The van der Waals surface area contributed by atoms with Gasteiger partial charge in [-0.05, 0) is 12.8 Å². The van der Waals surface area contributed by atoms with Gasteiger partial charge < -0.3 is 14.5 Å². The van der Waals surface area contributed by atoms with Crippen LogP contribution in [0.3, 0.4) is 0 Å². The normalized spacial score (nSPS) is 22.6. The number of hydrogen-bond donors (Lipinski definition) is 0.